The van der Waals surface area contributed by atoms with E-state index in [-0.39, 0.29) is 24.3 Å². The molecule has 0 bridgehead atoms. The molecule has 1 heterocycles. The first-order valence-corrected chi connectivity index (χ1v) is 8.05. The van der Waals surface area contributed by atoms with E-state index in [0.717, 1.165) is 24.8 Å². The van der Waals surface area contributed by atoms with Crippen molar-refractivity contribution in [3.8, 4) is 5.75 Å². The number of carbonyl (C=O) groups is 2. The molecule has 0 atom stereocenters. The molecule has 0 spiro atoms. The van der Waals surface area contributed by atoms with E-state index in [1.807, 2.05) is 18.2 Å². The lowest BCUT2D eigenvalue weighted by atomic mass is 9.88. The zero-order valence-corrected chi connectivity index (χ0v) is 12.7. The highest BCUT2D eigenvalue weighted by Gasteiger charge is 2.20. The summed E-state index contributed by atoms with van der Waals surface area (Å²) < 4.78 is 5.33. The van der Waals surface area contributed by atoms with Crippen LogP contribution in [0, 0.1) is 5.92 Å². The summed E-state index contributed by atoms with van der Waals surface area (Å²) in [7, 11) is 0. The molecule has 5 heteroatoms. The van der Waals surface area contributed by atoms with Crippen LogP contribution < -0.4 is 15.4 Å². The van der Waals surface area contributed by atoms with Crippen LogP contribution in [0.25, 0.3) is 0 Å². The maximum atomic E-state index is 12.1. The summed E-state index contributed by atoms with van der Waals surface area (Å²) in [6, 6.07) is 5.76. The van der Waals surface area contributed by atoms with Gasteiger partial charge >= 0.3 is 0 Å². The predicted octanol–water partition coefficient (Wildman–Crippen LogP) is 2.26. The van der Waals surface area contributed by atoms with Crippen LogP contribution in [-0.4, -0.2) is 25.0 Å². The van der Waals surface area contributed by atoms with Crippen molar-refractivity contribution in [2.24, 2.45) is 5.92 Å². The molecule has 1 aliphatic heterocycles. The van der Waals surface area contributed by atoms with Crippen LogP contribution in [0.2, 0.25) is 0 Å². The van der Waals surface area contributed by atoms with Gasteiger partial charge < -0.3 is 15.4 Å². The predicted molar refractivity (Wildman–Crippen MR) is 83.9 cm³/mol. The van der Waals surface area contributed by atoms with Crippen LogP contribution in [0.3, 0.4) is 0 Å². The molecular weight excluding hydrogens is 280 g/mol. The monoisotopic (exact) mass is 302 g/mol. The van der Waals surface area contributed by atoms with Gasteiger partial charge in [0.15, 0.2) is 6.61 Å². The Morgan fingerprint density at radius 1 is 1.27 bits per heavy atom. The Labute approximate surface area is 130 Å². The molecule has 2 aliphatic rings. The van der Waals surface area contributed by atoms with Crippen molar-refractivity contribution < 1.29 is 14.3 Å². The summed E-state index contributed by atoms with van der Waals surface area (Å²) in [5.41, 5.74) is 1.79. The minimum Gasteiger partial charge on any atom is -0.482 e. The second-order valence-corrected chi connectivity index (χ2v) is 6.04. The molecule has 1 aromatic carbocycles. The van der Waals surface area contributed by atoms with E-state index in [1.54, 1.807) is 0 Å². The van der Waals surface area contributed by atoms with Crippen molar-refractivity contribution in [3.05, 3.63) is 23.8 Å². The summed E-state index contributed by atoms with van der Waals surface area (Å²) in [4.78, 5) is 23.4. The minimum atomic E-state index is -0.129. The highest BCUT2D eigenvalue weighted by Crippen LogP contribution is 2.28. The van der Waals surface area contributed by atoms with E-state index in [4.69, 9.17) is 4.74 Å². The Hall–Kier alpha value is -2.04. The summed E-state index contributed by atoms with van der Waals surface area (Å²) in [6.07, 6.45) is 6.39. The molecule has 2 N–H and O–H groups in total. The third-order valence-electron chi connectivity index (χ3n) is 4.37. The van der Waals surface area contributed by atoms with Crippen LogP contribution in [0.5, 0.6) is 5.75 Å². The number of amides is 2. The smallest absolute Gasteiger partial charge is 0.262 e. The molecule has 0 radical (unpaired) electrons. The molecule has 1 aromatic rings. The quantitative estimate of drug-likeness (QED) is 0.896. The van der Waals surface area contributed by atoms with Gasteiger partial charge in [0.05, 0.1) is 5.69 Å². The lowest BCUT2D eigenvalue weighted by Gasteiger charge is -2.21. The van der Waals surface area contributed by atoms with Gasteiger partial charge in [0.1, 0.15) is 5.75 Å². The average Bonchev–Trinajstić information content (AvgIpc) is 2.55. The van der Waals surface area contributed by atoms with Gasteiger partial charge in [-0.1, -0.05) is 25.3 Å². The molecule has 2 amide bonds. The van der Waals surface area contributed by atoms with Gasteiger partial charge in [0, 0.05) is 12.5 Å². The maximum absolute atomic E-state index is 12.1. The summed E-state index contributed by atoms with van der Waals surface area (Å²) in [5, 5.41) is 5.83. The summed E-state index contributed by atoms with van der Waals surface area (Å²) in [5.74, 6) is 0.962. The summed E-state index contributed by atoms with van der Waals surface area (Å²) in [6.45, 7) is 0.701. The van der Waals surface area contributed by atoms with Gasteiger partial charge in [-0.2, -0.15) is 0 Å². The van der Waals surface area contributed by atoms with Crippen LogP contribution in [0.4, 0.5) is 5.69 Å². The van der Waals surface area contributed by atoms with E-state index >= 15 is 0 Å². The van der Waals surface area contributed by atoms with Crippen molar-refractivity contribution in [3.63, 3.8) is 0 Å². The highest BCUT2D eigenvalue weighted by atomic mass is 16.5. The topological polar surface area (TPSA) is 67.4 Å². The third-order valence-corrected chi connectivity index (χ3v) is 4.37. The minimum absolute atomic E-state index is 0.0732. The lowest BCUT2D eigenvalue weighted by Crippen LogP contribution is -2.33. The Bertz CT molecular complexity index is 565. The normalized spacial score (nSPS) is 18.1. The van der Waals surface area contributed by atoms with Crippen molar-refractivity contribution in [1.29, 1.82) is 0 Å². The number of anilines is 1. The molecule has 5 nitrogen and oxygen atoms in total. The molecule has 0 aromatic heterocycles. The third kappa shape index (κ3) is 3.59. The number of hydrogen-bond donors (Lipinski definition) is 2. The molecular formula is C17H22N2O3. The van der Waals surface area contributed by atoms with Gasteiger partial charge in [-0.3, -0.25) is 9.59 Å². The van der Waals surface area contributed by atoms with Crippen molar-refractivity contribution in [2.75, 3.05) is 18.5 Å². The largest absolute Gasteiger partial charge is 0.482 e. The Morgan fingerprint density at radius 2 is 2.09 bits per heavy atom. The number of fused-ring (bicyclic) bond motifs is 1. The number of benzene rings is 1. The first-order chi connectivity index (χ1) is 10.7. The fourth-order valence-electron chi connectivity index (χ4n) is 3.12. The number of ether oxygens (including phenoxy) is 1. The van der Waals surface area contributed by atoms with Gasteiger partial charge in [0.25, 0.3) is 5.91 Å². The molecule has 0 unspecified atom stereocenters. The van der Waals surface area contributed by atoms with E-state index < -0.39 is 0 Å². The van der Waals surface area contributed by atoms with Gasteiger partial charge in [0.2, 0.25) is 5.91 Å². The maximum Gasteiger partial charge on any atom is 0.262 e. The summed E-state index contributed by atoms with van der Waals surface area (Å²) >= 11 is 0. The molecule has 1 saturated carbocycles. The van der Waals surface area contributed by atoms with Crippen molar-refractivity contribution in [2.45, 2.75) is 38.5 Å². The number of nitrogens with one attached hydrogen (secondary N) is 2. The van der Waals surface area contributed by atoms with E-state index in [2.05, 4.69) is 10.6 Å². The van der Waals surface area contributed by atoms with Crippen molar-refractivity contribution >= 4 is 17.5 Å². The Kier molecular flexibility index (Phi) is 4.61. The van der Waals surface area contributed by atoms with Gasteiger partial charge in [-0.05, 0) is 37.0 Å². The average molecular weight is 302 g/mol. The number of hydrogen-bond acceptors (Lipinski definition) is 3. The fraction of sp³-hybridized carbons (Fsp3) is 0.529. The lowest BCUT2D eigenvalue weighted by molar-refractivity contribution is -0.125. The molecule has 3 rings (SSSR count). The number of rotatable bonds is 4. The Morgan fingerprint density at radius 3 is 2.91 bits per heavy atom. The SMILES string of the molecule is O=C1COc2ccc(CCNC(=O)C3CCCCC3)cc2N1. The molecule has 1 aliphatic carbocycles. The first-order valence-electron chi connectivity index (χ1n) is 8.05. The van der Waals surface area contributed by atoms with Gasteiger partial charge in [-0.25, -0.2) is 0 Å². The van der Waals surface area contributed by atoms with E-state index in [9.17, 15) is 9.59 Å². The molecule has 118 valence electrons. The van der Waals surface area contributed by atoms with Crippen LogP contribution in [0.15, 0.2) is 18.2 Å². The first kappa shape index (κ1) is 14.9. The standard InChI is InChI=1S/C17H22N2O3/c20-16-11-22-15-7-6-12(10-14(15)19-16)8-9-18-17(21)13-4-2-1-3-5-13/h6-7,10,13H,1-5,8-9,11H2,(H,18,21)(H,19,20). The Balaban J connectivity index is 1.50. The van der Waals surface area contributed by atoms with Crippen molar-refractivity contribution in [1.82, 2.24) is 5.32 Å². The highest BCUT2D eigenvalue weighted by molar-refractivity contribution is 5.95. The molecule has 1 fully saturated rings. The molecule has 22 heavy (non-hydrogen) atoms. The van der Waals surface area contributed by atoms with Crippen LogP contribution >= 0.6 is 0 Å². The van der Waals surface area contributed by atoms with E-state index in [1.165, 1.54) is 19.3 Å². The number of carbonyl (C=O) groups excluding carboxylic acids is 2. The van der Waals surface area contributed by atoms with Crippen LogP contribution in [0.1, 0.15) is 37.7 Å². The second-order valence-electron chi connectivity index (χ2n) is 6.04. The van der Waals surface area contributed by atoms with E-state index in [0.29, 0.717) is 18.0 Å². The van der Waals surface area contributed by atoms with Crippen LogP contribution in [-0.2, 0) is 16.0 Å². The zero-order valence-electron chi connectivity index (χ0n) is 12.7. The second kappa shape index (κ2) is 6.81. The fourth-order valence-corrected chi connectivity index (χ4v) is 3.12. The zero-order chi connectivity index (χ0) is 15.4. The van der Waals surface area contributed by atoms with Gasteiger partial charge in [-0.15, -0.1) is 0 Å². The molecule has 0 saturated heterocycles.